The lowest BCUT2D eigenvalue weighted by atomic mass is 10.1. The van der Waals surface area contributed by atoms with Gasteiger partial charge in [-0.2, -0.15) is 0 Å². The molecule has 0 saturated heterocycles. The summed E-state index contributed by atoms with van der Waals surface area (Å²) in [5, 5.41) is 2.75. The van der Waals surface area contributed by atoms with Gasteiger partial charge in [-0.05, 0) is 49.7 Å². The summed E-state index contributed by atoms with van der Waals surface area (Å²) < 4.78 is 32.6. The van der Waals surface area contributed by atoms with Gasteiger partial charge in [0.15, 0.2) is 17.7 Å². The van der Waals surface area contributed by atoms with Crippen LogP contribution in [0.3, 0.4) is 0 Å². The Bertz CT molecular complexity index is 691. The van der Waals surface area contributed by atoms with E-state index in [0.717, 1.165) is 5.56 Å². The smallest absolute Gasteiger partial charge is 0.261 e. The zero-order chi connectivity index (χ0) is 17.0. The maximum Gasteiger partial charge on any atom is 0.261 e. The summed E-state index contributed by atoms with van der Waals surface area (Å²) in [6.45, 7) is 3.31. The molecule has 0 unspecified atom stereocenters. The van der Waals surface area contributed by atoms with E-state index in [-0.39, 0.29) is 23.5 Å². The minimum absolute atomic E-state index is 0.00489. The van der Waals surface area contributed by atoms with Gasteiger partial charge in [0, 0.05) is 4.47 Å². The lowest BCUT2D eigenvalue weighted by Crippen LogP contribution is -2.37. The number of amides is 1. The van der Waals surface area contributed by atoms with Crippen molar-refractivity contribution in [2.75, 3.05) is 0 Å². The third-order valence-corrected chi connectivity index (χ3v) is 3.79. The third-order valence-electron chi connectivity index (χ3n) is 3.30. The molecule has 0 aliphatic rings. The molecule has 0 aliphatic heterocycles. The molecule has 3 nitrogen and oxygen atoms in total. The van der Waals surface area contributed by atoms with Crippen LogP contribution in [0.1, 0.15) is 25.5 Å². The number of benzene rings is 2. The predicted molar refractivity (Wildman–Crippen MR) is 87.1 cm³/mol. The van der Waals surface area contributed by atoms with Gasteiger partial charge < -0.3 is 10.1 Å². The summed E-state index contributed by atoms with van der Waals surface area (Å²) >= 11 is 3.15. The molecule has 0 saturated carbocycles. The van der Waals surface area contributed by atoms with E-state index >= 15 is 0 Å². The number of carbonyl (C=O) groups excluding carboxylic acids is 1. The second kappa shape index (κ2) is 7.55. The molecule has 0 fully saturated rings. The maximum absolute atomic E-state index is 13.7. The highest BCUT2D eigenvalue weighted by Crippen LogP contribution is 2.22. The van der Waals surface area contributed by atoms with Gasteiger partial charge in [0.25, 0.3) is 5.91 Å². The minimum Gasteiger partial charge on any atom is -0.478 e. The van der Waals surface area contributed by atoms with Crippen LogP contribution < -0.4 is 10.1 Å². The Morgan fingerprint density at radius 1 is 1.13 bits per heavy atom. The Kier molecular flexibility index (Phi) is 5.71. The number of carbonyl (C=O) groups is 1. The SMILES string of the molecule is C[C@@H](Oc1ccc(Br)cc1F)C(=O)N[C@H](C)c1ccc(F)cc1. The first-order chi connectivity index (χ1) is 10.9. The van der Waals surface area contributed by atoms with Crippen LogP contribution >= 0.6 is 15.9 Å². The lowest BCUT2D eigenvalue weighted by molar-refractivity contribution is -0.128. The fourth-order valence-corrected chi connectivity index (χ4v) is 2.31. The molecule has 2 atom stereocenters. The van der Waals surface area contributed by atoms with Crippen LogP contribution in [0.15, 0.2) is 46.9 Å². The van der Waals surface area contributed by atoms with Crippen molar-refractivity contribution in [1.82, 2.24) is 5.32 Å². The van der Waals surface area contributed by atoms with Crippen molar-refractivity contribution in [2.45, 2.75) is 26.0 Å². The van der Waals surface area contributed by atoms with Crippen LogP contribution in [0.5, 0.6) is 5.75 Å². The van der Waals surface area contributed by atoms with E-state index in [2.05, 4.69) is 21.2 Å². The molecular weight excluding hydrogens is 368 g/mol. The largest absolute Gasteiger partial charge is 0.478 e. The van der Waals surface area contributed by atoms with Gasteiger partial charge in [-0.3, -0.25) is 4.79 Å². The second-order valence-corrected chi connectivity index (χ2v) is 6.03. The van der Waals surface area contributed by atoms with Crippen molar-refractivity contribution in [3.8, 4) is 5.75 Å². The van der Waals surface area contributed by atoms with E-state index in [1.807, 2.05) is 0 Å². The number of ether oxygens (including phenoxy) is 1. The first kappa shape index (κ1) is 17.4. The Balaban J connectivity index is 1.98. The molecule has 0 heterocycles. The quantitative estimate of drug-likeness (QED) is 0.832. The number of hydrogen-bond donors (Lipinski definition) is 1. The minimum atomic E-state index is -0.867. The molecule has 1 N–H and O–H groups in total. The molecule has 0 aliphatic carbocycles. The molecule has 0 aromatic heterocycles. The van der Waals surface area contributed by atoms with Crippen molar-refractivity contribution >= 4 is 21.8 Å². The van der Waals surface area contributed by atoms with E-state index < -0.39 is 11.9 Å². The number of hydrogen-bond acceptors (Lipinski definition) is 2. The van der Waals surface area contributed by atoms with Crippen LogP contribution in [-0.4, -0.2) is 12.0 Å². The Hall–Kier alpha value is -1.95. The van der Waals surface area contributed by atoms with Crippen molar-refractivity contribution in [1.29, 1.82) is 0 Å². The molecule has 6 heteroatoms. The molecule has 0 spiro atoms. The van der Waals surface area contributed by atoms with Gasteiger partial charge in [0.2, 0.25) is 0 Å². The van der Waals surface area contributed by atoms with Crippen LogP contribution in [0, 0.1) is 11.6 Å². The van der Waals surface area contributed by atoms with Crippen LogP contribution in [-0.2, 0) is 4.79 Å². The van der Waals surface area contributed by atoms with Crippen molar-refractivity contribution in [3.63, 3.8) is 0 Å². The fraction of sp³-hybridized carbons (Fsp3) is 0.235. The molecule has 0 radical (unpaired) electrons. The average molecular weight is 384 g/mol. The monoisotopic (exact) mass is 383 g/mol. The lowest BCUT2D eigenvalue weighted by Gasteiger charge is -2.19. The first-order valence-corrected chi connectivity index (χ1v) is 7.83. The summed E-state index contributed by atoms with van der Waals surface area (Å²) in [7, 11) is 0. The predicted octanol–water partition coefficient (Wildman–Crippen LogP) is 4.37. The van der Waals surface area contributed by atoms with Gasteiger partial charge >= 0.3 is 0 Å². The first-order valence-electron chi connectivity index (χ1n) is 7.04. The van der Waals surface area contributed by atoms with Crippen LogP contribution in [0.4, 0.5) is 8.78 Å². The molecule has 122 valence electrons. The topological polar surface area (TPSA) is 38.3 Å². The normalized spacial score (nSPS) is 13.3. The van der Waals surface area contributed by atoms with Crippen LogP contribution in [0.2, 0.25) is 0 Å². The maximum atomic E-state index is 13.7. The number of nitrogens with one attached hydrogen (secondary N) is 1. The summed E-state index contributed by atoms with van der Waals surface area (Å²) in [6.07, 6.45) is -0.867. The summed E-state index contributed by atoms with van der Waals surface area (Å²) in [5.74, 6) is -1.27. The van der Waals surface area contributed by atoms with E-state index in [0.29, 0.717) is 4.47 Å². The zero-order valence-electron chi connectivity index (χ0n) is 12.6. The van der Waals surface area contributed by atoms with Crippen molar-refractivity contribution in [3.05, 3.63) is 64.1 Å². The third kappa shape index (κ3) is 4.76. The molecule has 2 rings (SSSR count). The molecule has 2 aromatic rings. The highest BCUT2D eigenvalue weighted by molar-refractivity contribution is 9.10. The van der Waals surface area contributed by atoms with Gasteiger partial charge in [-0.15, -0.1) is 0 Å². The van der Waals surface area contributed by atoms with Gasteiger partial charge in [0.05, 0.1) is 6.04 Å². The number of rotatable bonds is 5. The van der Waals surface area contributed by atoms with E-state index in [9.17, 15) is 13.6 Å². The Morgan fingerprint density at radius 3 is 2.39 bits per heavy atom. The van der Waals surface area contributed by atoms with E-state index in [4.69, 9.17) is 4.74 Å². The zero-order valence-corrected chi connectivity index (χ0v) is 14.2. The van der Waals surface area contributed by atoms with E-state index in [1.54, 1.807) is 25.1 Å². The second-order valence-electron chi connectivity index (χ2n) is 5.12. The summed E-state index contributed by atoms with van der Waals surface area (Å²) in [4.78, 5) is 12.1. The standard InChI is InChI=1S/C17H16BrF2NO2/c1-10(12-3-6-14(19)7-4-12)21-17(22)11(2)23-16-8-5-13(18)9-15(16)20/h3-11H,1-2H3,(H,21,22)/t10-,11-/m1/s1. The Morgan fingerprint density at radius 2 is 1.78 bits per heavy atom. The van der Waals surface area contributed by atoms with Gasteiger partial charge in [-0.25, -0.2) is 8.78 Å². The highest BCUT2D eigenvalue weighted by Gasteiger charge is 2.19. The van der Waals surface area contributed by atoms with Gasteiger partial charge in [0.1, 0.15) is 5.82 Å². The molecular formula is C17H16BrF2NO2. The molecule has 0 bridgehead atoms. The average Bonchev–Trinajstić information content (AvgIpc) is 2.50. The molecule has 2 aromatic carbocycles. The fourth-order valence-electron chi connectivity index (χ4n) is 1.98. The molecule has 1 amide bonds. The van der Waals surface area contributed by atoms with Crippen molar-refractivity contribution < 1.29 is 18.3 Å². The highest BCUT2D eigenvalue weighted by atomic mass is 79.9. The van der Waals surface area contributed by atoms with Crippen LogP contribution in [0.25, 0.3) is 0 Å². The van der Waals surface area contributed by atoms with E-state index in [1.165, 1.54) is 31.2 Å². The summed E-state index contributed by atoms with van der Waals surface area (Å²) in [6, 6.07) is 9.88. The summed E-state index contributed by atoms with van der Waals surface area (Å²) in [5.41, 5.74) is 0.766. The Labute approximate surface area is 141 Å². The van der Waals surface area contributed by atoms with Gasteiger partial charge in [-0.1, -0.05) is 28.1 Å². The molecule has 23 heavy (non-hydrogen) atoms. The number of halogens is 3. The van der Waals surface area contributed by atoms with Crippen molar-refractivity contribution in [2.24, 2.45) is 0 Å².